The molecule has 1 aliphatic carbocycles. The molecular weight excluding hydrogens is 448 g/mol. The smallest absolute Gasteiger partial charge is 0.318 e. The van der Waals surface area contributed by atoms with E-state index < -0.39 is 27.0 Å². The minimum absolute atomic E-state index is 0.184. The Morgan fingerprint density at radius 2 is 1.82 bits per heavy atom. The third-order valence-electron chi connectivity index (χ3n) is 5.24. The van der Waals surface area contributed by atoms with Crippen LogP contribution in [0, 0.1) is 20.2 Å². The highest BCUT2D eigenvalue weighted by Gasteiger charge is 2.26. The lowest BCUT2D eigenvalue weighted by Crippen LogP contribution is -2.14. The van der Waals surface area contributed by atoms with E-state index >= 15 is 0 Å². The predicted octanol–water partition coefficient (Wildman–Crippen LogP) is 5.15. The molecule has 0 saturated carbocycles. The van der Waals surface area contributed by atoms with Crippen LogP contribution in [0.15, 0.2) is 47.5 Å². The number of nitro groups is 2. The molecule has 0 aliphatic heterocycles. The van der Waals surface area contributed by atoms with Gasteiger partial charge in [0.1, 0.15) is 5.00 Å². The summed E-state index contributed by atoms with van der Waals surface area (Å²) in [4.78, 5) is 39.2. The monoisotopic (exact) mass is 466 g/mol. The third kappa shape index (κ3) is 4.58. The predicted molar refractivity (Wildman–Crippen MR) is 124 cm³/mol. The average Bonchev–Trinajstić information content (AvgIpc) is 3.17. The number of carbonyl (C=O) groups excluding carboxylic acids is 1. The first-order valence-corrected chi connectivity index (χ1v) is 10.9. The summed E-state index contributed by atoms with van der Waals surface area (Å²) in [5, 5.41) is 35.9. The van der Waals surface area contributed by atoms with Crippen LogP contribution in [0.4, 0.5) is 22.1 Å². The zero-order chi connectivity index (χ0) is 23.5. The van der Waals surface area contributed by atoms with Crippen molar-refractivity contribution in [2.75, 3.05) is 5.32 Å². The molecule has 1 amide bonds. The Hall–Kier alpha value is -4.12. The van der Waals surface area contributed by atoms with E-state index in [1.165, 1.54) is 11.3 Å². The van der Waals surface area contributed by atoms with E-state index in [0.29, 0.717) is 22.3 Å². The number of amides is 1. The number of rotatable bonds is 6. The second kappa shape index (κ2) is 9.17. The lowest BCUT2D eigenvalue weighted by atomic mass is 9.95. The highest BCUT2D eigenvalue weighted by molar-refractivity contribution is 7.16. The average molecular weight is 466 g/mol. The first kappa shape index (κ1) is 22.1. The van der Waals surface area contributed by atoms with Gasteiger partial charge in [-0.15, -0.1) is 11.3 Å². The number of carbonyl (C=O) groups is 1. The Balaban J connectivity index is 1.76. The number of fused-ring (bicyclic) bond motifs is 1. The normalized spacial score (nSPS) is 13.0. The first-order valence-electron chi connectivity index (χ1n) is 10.1. The fraction of sp³-hybridized carbons (Fsp3) is 0.182. The van der Waals surface area contributed by atoms with Crippen LogP contribution in [-0.2, 0) is 12.8 Å². The van der Waals surface area contributed by atoms with Crippen LogP contribution in [0.5, 0.6) is 5.75 Å². The number of aliphatic imine (C=N–C) groups is 1. The molecule has 0 radical (unpaired) electrons. The summed E-state index contributed by atoms with van der Waals surface area (Å²) in [6.07, 6.45) is 4.59. The number of phenols is 1. The second-order valence-corrected chi connectivity index (χ2v) is 8.47. The van der Waals surface area contributed by atoms with E-state index in [-0.39, 0.29) is 11.5 Å². The molecule has 0 spiro atoms. The SMILES string of the molecule is O=C(Nc1ccccc1)c1c(N=Cc2cc([N+](=O)[O-])cc([N+](=O)[O-])c2O)sc2c1CCCC2. The molecule has 168 valence electrons. The number of hydrogen-bond acceptors (Lipinski definition) is 8. The number of anilines is 1. The maximum atomic E-state index is 13.1. The topological polar surface area (TPSA) is 148 Å². The molecule has 0 unspecified atom stereocenters. The van der Waals surface area contributed by atoms with Gasteiger partial charge >= 0.3 is 5.69 Å². The Labute approximate surface area is 191 Å². The first-order chi connectivity index (χ1) is 15.8. The van der Waals surface area contributed by atoms with E-state index in [0.717, 1.165) is 48.4 Å². The molecule has 1 aromatic heterocycles. The molecule has 0 saturated heterocycles. The number of hydrogen-bond donors (Lipinski definition) is 2. The minimum Gasteiger partial charge on any atom is -0.502 e. The van der Waals surface area contributed by atoms with E-state index in [9.17, 15) is 30.1 Å². The number of benzene rings is 2. The van der Waals surface area contributed by atoms with Gasteiger partial charge in [-0.25, -0.2) is 4.99 Å². The van der Waals surface area contributed by atoms with Gasteiger partial charge in [0.05, 0.1) is 21.5 Å². The molecule has 0 atom stereocenters. The molecular formula is C22H18N4O6S. The maximum Gasteiger partial charge on any atom is 0.318 e. The molecule has 10 nitrogen and oxygen atoms in total. The lowest BCUT2D eigenvalue weighted by Gasteiger charge is -2.12. The van der Waals surface area contributed by atoms with Crippen molar-refractivity contribution < 1.29 is 19.7 Å². The van der Waals surface area contributed by atoms with Crippen molar-refractivity contribution in [3.05, 3.63) is 84.3 Å². The van der Waals surface area contributed by atoms with Gasteiger partial charge in [-0.3, -0.25) is 25.0 Å². The molecule has 3 aromatic rings. The van der Waals surface area contributed by atoms with Crippen molar-refractivity contribution in [3.63, 3.8) is 0 Å². The number of nitrogens with zero attached hydrogens (tertiary/aromatic N) is 3. The summed E-state index contributed by atoms with van der Waals surface area (Å²) < 4.78 is 0. The van der Waals surface area contributed by atoms with Crippen LogP contribution in [0.25, 0.3) is 0 Å². The van der Waals surface area contributed by atoms with E-state index in [1.807, 2.05) is 6.07 Å². The number of aryl methyl sites for hydroxylation is 1. The Morgan fingerprint density at radius 1 is 1.09 bits per heavy atom. The van der Waals surface area contributed by atoms with Crippen molar-refractivity contribution in [1.29, 1.82) is 0 Å². The van der Waals surface area contributed by atoms with Crippen LogP contribution in [0.1, 0.15) is 39.2 Å². The molecule has 0 fully saturated rings. The van der Waals surface area contributed by atoms with Gasteiger partial charge in [0, 0.05) is 28.4 Å². The van der Waals surface area contributed by atoms with Crippen molar-refractivity contribution in [2.24, 2.45) is 4.99 Å². The number of nitrogens with one attached hydrogen (secondary N) is 1. The molecule has 11 heteroatoms. The molecule has 2 aromatic carbocycles. The largest absolute Gasteiger partial charge is 0.502 e. The highest BCUT2D eigenvalue weighted by Crippen LogP contribution is 2.41. The molecule has 1 aliphatic rings. The molecule has 33 heavy (non-hydrogen) atoms. The van der Waals surface area contributed by atoms with E-state index in [2.05, 4.69) is 10.3 Å². The number of phenolic OH excluding ortho intramolecular Hbond substituents is 1. The van der Waals surface area contributed by atoms with Crippen molar-refractivity contribution in [3.8, 4) is 5.75 Å². The van der Waals surface area contributed by atoms with Gasteiger partial charge in [0.2, 0.25) is 5.75 Å². The summed E-state index contributed by atoms with van der Waals surface area (Å²) in [6.45, 7) is 0. The number of non-ortho nitro benzene ring substituents is 1. The summed E-state index contributed by atoms with van der Waals surface area (Å²) >= 11 is 1.34. The van der Waals surface area contributed by atoms with Gasteiger partial charge in [0.15, 0.2) is 0 Å². The third-order valence-corrected chi connectivity index (χ3v) is 6.44. The summed E-state index contributed by atoms with van der Waals surface area (Å²) in [6, 6.07) is 10.7. The molecule has 4 rings (SSSR count). The Morgan fingerprint density at radius 3 is 2.52 bits per heavy atom. The lowest BCUT2D eigenvalue weighted by molar-refractivity contribution is -0.394. The quantitative estimate of drug-likeness (QED) is 0.291. The maximum absolute atomic E-state index is 13.1. The van der Waals surface area contributed by atoms with Crippen molar-refractivity contribution >= 4 is 45.5 Å². The van der Waals surface area contributed by atoms with Gasteiger partial charge in [-0.2, -0.15) is 0 Å². The molecule has 2 N–H and O–H groups in total. The number of nitro benzene ring substituents is 2. The Bertz CT molecular complexity index is 1290. The van der Waals surface area contributed by atoms with Gasteiger partial charge in [-0.05, 0) is 43.4 Å². The number of thiophene rings is 1. The highest BCUT2D eigenvalue weighted by atomic mass is 32.1. The second-order valence-electron chi connectivity index (χ2n) is 7.39. The van der Waals surface area contributed by atoms with Crippen molar-refractivity contribution in [1.82, 2.24) is 0 Å². The van der Waals surface area contributed by atoms with Gasteiger partial charge < -0.3 is 10.4 Å². The fourth-order valence-electron chi connectivity index (χ4n) is 3.69. The molecule has 0 bridgehead atoms. The van der Waals surface area contributed by atoms with Crippen LogP contribution in [0.2, 0.25) is 0 Å². The zero-order valence-electron chi connectivity index (χ0n) is 17.2. The molecule has 1 heterocycles. The summed E-state index contributed by atoms with van der Waals surface area (Å²) in [5.41, 5.74) is 0.429. The van der Waals surface area contributed by atoms with Crippen LogP contribution in [0.3, 0.4) is 0 Å². The Kier molecular flexibility index (Phi) is 6.13. The zero-order valence-corrected chi connectivity index (χ0v) is 18.0. The van der Waals surface area contributed by atoms with Gasteiger partial charge in [0.25, 0.3) is 11.6 Å². The van der Waals surface area contributed by atoms with Gasteiger partial charge in [-0.1, -0.05) is 18.2 Å². The standard InChI is InChI=1S/C22H18N4O6S/c27-20-13(10-15(25(29)30)11-17(20)26(31)32)12-23-22-19(16-8-4-5-9-18(16)33-22)21(28)24-14-6-2-1-3-7-14/h1-3,6-7,10-12,27H,4-5,8-9H2,(H,24,28). The number of aromatic hydroxyl groups is 1. The van der Waals surface area contributed by atoms with E-state index in [1.54, 1.807) is 24.3 Å². The van der Waals surface area contributed by atoms with E-state index in [4.69, 9.17) is 0 Å². The fourth-order valence-corrected chi connectivity index (χ4v) is 4.92. The number of para-hydroxylation sites is 1. The minimum atomic E-state index is -0.901. The van der Waals surface area contributed by atoms with Crippen LogP contribution < -0.4 is 5.32 Å². The van der Waals surface area contributed by atoms with Crippen molar-refractivity contribution in [2.45, 2.75) is 25.7 Å². The van der Waals surface area contributed by atoms with Crippen LogP contribution >= 0.6 is 11.3 Å². The van der Waals surface area contributed by atoms with Crippen LogP contribution in [-0.4, -0.2) is 27.1 Å². The summed E-state index contributed by atoms with van der Waals surface area (Å²) in [5.74, 6) is -1.06. The summed E-state index contributed by atoms with van der Waals surface area (Å²) in [7, 11) is 0.